The van der Waals surface area contributed by atoms with E-state index in [9.17, 15) is 5.11 Å². The van der Waals surface area contributed by atoms with E-state index in [1.165, 1.54) is 0 Å². The van der Waals surface area contributed by atoms with Crippen LogP contribution in [0.2, 0.25) is 0 Å². The average Bonchev–Trinajstić information content (AvgIpc) is 2.65. The lowest BCUT2D eigenvalue weighted by molar-refractivity contribution is 0.198. The molecule has 1 aliphatic rings. The molecule has 0 aliphatic carbocycles. The van der Waals surface area contributed by atoms with Gasteiger partial charge >= 0.3 is 0 Å². The van der Waals surface area contributed by atoms with Crippen LogP contribution in [0, 0.1) is 0 Å². The van der Waals surface area contributed by atoms with Gasteiger partial charge in [-0.2, -0.15) is 0 Å². The van der Waals surface area contributed by atoms with Crippen LogP contribution >= 0.6 is 0 Å². The first-order chi connectivity index (χ1) is 6.79. The molecule has 0 spiro atoms. The molecule has 0 saturated carbocycles. The number of pyridine rings is 1. The molecule has 1 aromatic rings. The maximum Gasteiger partial charge on any atom is 0.214 e. The standard InChI is InChI=1S/C10H14N2O2/c1-14-10-6-8(2-4-11-10)12-5-3-9(13)7-12/h2,4,6,9,13H,3,5,7H2,1H3. The number of rotatable bonds is 2. The van der Waals surface area contributed by atoms with E-state index in [4.69, 9.17) is 4.74 Å². The van der Waals surface area contributed by atoms with Crippen LogP contribution in [0.15, 0.2) is 18.3 Å². The highest BCUT2D eigenvalue weighted by molar-refractivity contribution is 5.49. The van der Waals surface area contributed by atoms with Crippen LogP contribution in [0.25, 0.3) is 0 Å². The Labute approximate surface area is 83.1 Å². The Hall–Kier alpha value is -1.29. The van der Waals surface area contributed by atoms with E-state index >= 15 is 0 Å². The van der Waals surface area contributed by atoms with Crippen molar-refractivity contribution in [2.24, 2.45) is 0 Å². The first kappa shape index (κ1) is 9.27. The minimum absolute atomic E-state index is 0.200. The zero-order valence-corrected chi connectivity index (χ0v) is 8.18. The monoisotopic (exact) mass is 194 g/mol. The lowest BCUT2D eigenvalue weighted by atomic mass is 10.3. The predicted octanol–water partition coefficient (Wildman–Crippen LogP) is 0.661. The molecular weight excluding hydrogens is 180 g/mol. The SMILES string of the molecule is COc1cc(N2CCC(O)C2)ccn1. The summed E-state index contributed by atoms with van der Waals surface area (Å²) in [7, 11) is 1.60. The summed E-state index contributed by atoms with van der Waals surface area (Å²) in [5, 5.41) is 9.40. The number of anilines is 1. The van der Waals surface area contributed by atoms with Gasteiger partial charge in [0.05, 0.1) is 13.2 Å². The van der Waals surface area contributed by atoms with Gasteiger partial charge in [0.1, 0.15) is 0 Å². The number of β-amino-alcohol motifs (C(OH)–C–C–N with tert-alkyl or cyclic N) is 1. The van der Waals surface area contributed by atoms with Gasteiger partial charge in [-0.15, -0.1) is 0 Å². The molecule has 76 valence electrons. The summed E-state index contributed by atoms with van der Waals surface area (Å²) >= 11 is 0. The maximum atomic E-state index is 9.40. The molecule has 2 heterocycles. The number of aliphatic hydroxyl groups is 1. The zero-order valence-electron chi connectivity index (χ0n) is 8.18. The van der Waals surface area contributed by atoms with Crippen molar-refractivity contribution >= 4 is 5.69 Å². The number of nitrogens with zero attached hydrogens (tertiary/aromatic N) is 2. The van der Waals surface area contributed by atoms with Gasteiger partial charge in [-0.3, -0.25) is 0 Å². The number of ether oxygens (including phenoxy) is 1. The molecule has 1 saturated heterocycles. The van der Waals surface area contributed by atoms with Gasteiger partial charge < -0.3 is 14.7 Å². The molecule has 2 rings (SSSR count). The normalized spacial score (nSPS) is 21.3. The second-order valence-corrected chi connectivity index (χ2v) is 3.44. The number of methoxy groups -OCH3 is 1. The predicted molar refractivity (Wildman–Crippen MR) is 53.6 cm³/mol. The minimum atomic E-state index is -0.200. The smallest absolute Gasteiger partial charge is 0.214 e. The summed E-state index contributed by atoms with van der Waals surface area (Å²) in [4.78, 5) is 6.17. The third-order valence-electron chi connectivity index (χ3n) is 2.46. The quantitative estimate of drug-likeness (QED) is 0.751. The van der Waals surface area contributed by atoms with E-state index in [2.05, 4.69) is 9.88 Å². The summed E-state index contributed by atoms with van der Waals surface area (Å²) in [6.45, 7) is 1.60. The van der Waals surface area contributed by atoms with Crippen LogP contribution in [0.3, 0.4) is 0 Å². The molecule has 0 aromatic carbocycles. The summed E-state index contributed by atoms with van der Waals surface area (Å²) < 4.78 is 5.04. The van der Waals surface area contributed by atoms with Crippen molar-refractivity contribution in [3.8, 4) is 5.88 Å². The topological polar surface area (TPSA) is 45.6 Å². The van der Waals surface area contributed by atoms with E-state index in [-0.39, 0.29) is 6.10 Å². The summed E-state index contributed by atoms with van der Waals surface area (Å²) in [6, 6.07) is 3.82. The van der Waals surface area contributed by atoms with Gasteiger partial charge in [0.15, 0.2) is 0 Å². The molecule has 1 atom stereocenters. The third-order valence-corrected chi connectivity index (χ3v) is 2.46. The van der Waals surface area contributed by atoms with E-state index in [1.807, 2.05) is 12.1 Å². The largest absolute Gasteiger partial charge is 0.481 e. The molecule has 4 nitrogen and oxygen atoms in total. The molecule has 1 N–H and O–H groups in total. The number of aliphatic hydroxyl groups excluding tert-OH is 1. The van der Waals surface area contributed by atoms with Crippen molar-refractivity contribution in [1.82, 2.24) is 4.98 Å². The van der Waals surface area contributed by atoms with Gasteiger partial charge in [0.25, 0.3) is 0 Å². The Morgan fingerprint density at radius 3 is 3.14 bits per heavy atom. The molecule has 1 aliphatic heterocycles. The van der Waals surface area contributed by atoms with Crippen molar-refractivity contribution in [2.75, 3.05) is 25.1 Å². The van der Waals surface area contributed by atoms with Crippen molar-refractivity contribution in [3.63, 3.8) is 0 Å². The number of aromatic nitrogens is 1. The lowest BCUT2D eigenvalue weighted by Gasteiger charge is -2.17. The number of hydrogen-bond acceptors (Lipinski definition) is 4. The van der Waals surface area contributed by atoms with Crippen LogP contribution in [0.4, 0.5) is 5.69 Å². The fraction of sp³-hybridized carbons (Fsp3) is 0.500. The van der Waals surface area contributed by atoms with Crippen molar-refractivity contribution in [2.45, 2.75) is 12.5 Å². The second kappa shape index (κ2) is 3.84. The summed E-state index contributed by atoms with van der Waals surface area (Å²) in [5.41, 5.74) is 1.06. The van der Waals surface area contributed by atoms with Crippen LogP contribution in [0.5, 0.6) is 5.88 Å². The summed E-state index contributed by atoms with van der Waals surface area (Å²) in [6.07, 6.45) is 2.36. The Kier molecular flexibility index (Phi) is 2.54. The molecule has 1 aromatic heterocycles. The highest BCUT2D eigenvalue weighted by atomic mass is 16.5. The molecular formula is C10H14N2O2. The van der Waals surface area contributed by atoms with Crippen molar-refractivity contribution < 1.29 is 9.84 Å². The average molecular weight is 194 g/mol. The first-order valence-electron chi connectivity index (χ1n) is 4.72. The van der Waals surface area contributed by atoms with Crippen LogP contribution in [0.1, 0.15) is 6.42 Å². The molecule has 0 amide bonds. The molecule has 4 heteroatoms. The highest BCUT2D eigenvalue weighted by Gasteiger charge is 2.20. The van der Waals surface area contributed by atoms with Crippen molar-refractivity contribution in [1.29, 1.82) is 0 Å². The lowest BCUT2D eigenvalue weighted by Crippen LogP contribution is -2.21. The Balaban J connectivity index is 2.15. The van der Waals surface area contributed by atoms with E-state index in [0.717, 1.165) is 18.7 Å². The van der Waals surface area contributed by atoms with Gasteiger partial charge in [0, 0.05) is 31.0 Å². The first-order valence-corrected chi connectivity index (χ1v) is 4.72. The van der Waals surface area contributed by atoms with E-state index in [0.29, 0.717) is 12.4 Å². The molecule has 0 radical (unpaired) electrons. The van der Waals surface area contributed by atoms with E-state index < -0.39 is 0 Å². The molecule has 1 unspecified atom stereocenters. The summed E-state index contributed by atoms with van der Waals surface area (Å²) in [5.74, 6) is 0.615. The Morgan fingerprint density at radius 2 is 2.50 bits per heavy atom. The Morgan fingerprint density at radius 1 is 1.64 bits per heavy atom. The van der Waals surface area contributed by atoms with Crippen LogP contribution in [-0.2, 0) is 0 Å². The second-order valence-electron chi connectivity index (χ2n) is 3.44. The molecule has 14 heavy (non-hydrogen) atoms. The van der Waals surface area contributed by atoms with Crippen LogP contribution < -0.4 is 9.64 Å². The zero-order chi connectivity index (χ0) is 9.97. The molecule has 0 bridgehead atoms. The molecule has 1 fully saturated rings. The highest BCUT2D eigenvalue weighted by Crippen LogP contribution is 2.22. The van der Waals surface area contributed by atoms with E-state index in [1.54, 1.807) is 13.3 Å². The third kappa shape index (κ3) is 1.80. The van der Waals surface area contributed by atoms with Crippen molar-refractivity contribution in [3.05, 3.63) is 18.3 Å². The fourth-order valence-electron chi connectivity index (χ4n) is 1.68. The van der Waals surface area contributed by atoms with Gasteiger partial charge in [-0.25, -0.2) is 4.98 Å². The Bertz CT molecular complexity index is 317. The van der Waals surface area contributed by atoms with Gasteiger partial charge in [-0.05, 0) is 12.5 Å². The van der Waals surface area contributed by atoms with Crippen LogP contribution in [-0.4, -0.2) is 36.4 Å². The minimum Gasteiger partial charge on any atom is -0.481 e. The fourth-order valence-corrected chi connectivity index (χ4v) is 1.68. The maximum absolute atomic E-state index is 9.40. The van der Waals surface area contributed by atoms with Gasteiger partial charge in [0.2, 0.25) is 5.88 Å². The number of hydrogen-bond donors (Lipinski definition) is 1. The van der Waals surface area contributed by atoms with Gasteiger partial charge in [-0.1, -0.05) is 0 Å².